The van der Waals surface area contributed by atoms with E-state index in [4.69, 9.17) is 33.2 Å². The molecule has 2 aliphatic rings. The molecule has 0 radical (unpaired) electrons. The number of fused-ring (bicyclic) bond motifs is 1. The number of nitrogens with zero attached hydrogens (tertiary/aromatic N) is 5. The fraction of sp³-hybridized carbons (Fsp3) is 0.407. The molecule has 0 unspecified atom stereocenters. The number of aliphatic carboxylic acids is 1. The Morgan fingerprint density at radius 3 is 2.70 bits per heavy atom. The number of aliphatic hydroxyl groups excluding tert-OH is 1. The van der Waals surface area contributed by atoms with E-state index in [0.717, 1.165) is 13.3 Å². The van der Waals surface area contributed by atoms with E-state index in [1.54, 1.807) is 29.2 Å². The first-order valence-corrected chi connectivity index (χ1v) is 13.5. The highest BCUT2D eigenvalue weighted by molar-refractivity contribution is 6.28. The molecule has 2 fully saturated rings. The predicted octanol–water partition coefficient (Wildman–Crippen LogP) is 0.276. The zero-order valence-electron chi connectivity index (χ0n) is 22.8. The number of urea groups is 1. The fourth-order valence-electron chi connectivity index (χ4n) is 5.15. The van der Waals surface area contributed by atoms with Gasteiger partial charge in [-0.05, 0) is 42.6 Å². The Morgan fingerprint density at radius 2 is 2.07 bits per heavy atom. The first-order chi connectivity index (χ1) is 20.4. The van der Waals surface area contributed by atoms with Gasteiger partial charge in [0.25, 0.3) is 0 Å². The summed E-state index contributed by atoms with van der Waals surface area (Å²) < 4.78 is 12.9. The average Bonchev–Trinajstić information content (AvgIpc) is 3.50. The van der Waals surface area contributed by atoms with E-state index < -0.39 is 54.4 Å². The lowest BCUT2D eigenvalue weighted by molar-refractivity contribution is -0.180. The molecule has 16 heteroatoms. The summed E-state index contributed by atoms with van der Waals surface area (Å²) in [6.45, 7) is 1.47. The topological polar surface area (TPSA) is 215 Å². The van der Waals surface area contributed by atoms with E-state index in [-0.39, 0.29) is 28.3 Å². The van der Waals surface area contributed by atoms with Crippen molar-refractivity contribution in [1.29, 1.82) is 0 Å². The minimum Gasteiger partial charge on any atom is -0.479 e. The first kappa shape index (κ1) is 30.1. The number of ketones is 1. The van der Waals surface area contributed by atoms with E-state index >= 15 is 0 Å². The summed E-state index contributed by atoms with van der Waals surface area (Å²) in [4.78, 5) is 51.1. The number of terminal acetylenes is 1. The summed E-state index contributed by atoms with van der Waals surface area (Å²) in [5.41, 5.74) is 2.34. The Morgan fingerprint density at radius 1 is 1.35 bits per heavy atom. The third-order valence-corrected chi connectivity index (χ3v) is 7.79. The number of carboxylic acids is 1. The number of nitrogen functional groups attached to an aromatic ring is 1. The minimum atomic E-state index is -2.40. The number of carbonyl (C=O) groups is 3. The smallest absolute Gasteiger partial charge is 0.344 e. The second-order valence-corrected chi connectivity index (χ2v) is 10.5. The van der Waals surface area contributed by atoms with E-state index in [2.05, 4.69) is 26.2 Å². The molecule has 3 aromatic rings. The van der Waals surface area contributed by atoms with E-state index in [1.165, 1.54) is 10.9 Å². The molecule has 2 amide bonds. The number of rotatable bonds is 9. The van der Waals surface area contributed by atoms with Crippen LogP contribution in [-0.2, 0) is 25.5 Å². The van der Waals surface area contributed by atoms with Crippen LogP contribution in [0, 0.1) is 12.3 Å². The number of halogens is 1. The number of imidazole rings is 1. The molecular weight excluding hydrogens is 586 g/mol. The number of anilines is 2. The Balaban J connectivity index is 1.39. The van der Waals surface area contributed by atoms with Crippen molar-refractivity contribution in [3.8, 4) is 12.3 Å². The van der Waals surface area contributed by atoms with Gasteiger partial charge in [-0.2, -0.15) is 9.97 Å². The first-order valence-electron chi connectivity index (χ1n) is 13.1. The van der Waals surface area contributed by atoms with Crippen LogP contribution < -0.4 is 16.0 Å². The molecule has 5 atom stereocenters. The van der Waals surface area contributed by atoms with Crippen LogP contribution in [-0.4, -0.2) is 95.7 Å². The number of benzene rings is 1. The Labute approximate surface area is 249 Å². The van der Waals surface area contributed by atoms with Gasteiger partial charge in [0.1, 0.15) is 17.7 Å². The Bertz CT molecular complexity index is 1610. The highest BCUT2D eigenvalue weighted by Gasteiger charge is 2.57. The lowest BCUT2D eigenvalue weighted by Crippen LogP contribution is -2.54. The molecule has 2 saturated heterocycles. The summed E-state index contributed by atoms with van der Waals surface area (Å²) >= 11 is 5.93. The van der Waals surface area contributed by atoms with Crippen molar-refractivity contribution in [3.63, 3.8) is 0 Å². The number of ether oxygens (including phenoxy) is 2. The molecule has 15 nitrogen and oxygen atoms in total. The highest BCUT2D eigenvalue weighted by Crippen LogP contribution is 2.39. The van der Waals surface area contributed by atoms with Crippen LogP contribution in [0.5, 0.6) is 0 Å². The summed E-state index contributed by atoms with van der Waals surface area (Å²) in [6.07, 6.45) is 2.56. The van der Waals surface area contributed by atoms with Crippen LogP contribution in [0.3, 0.4) is 0 Å². The third kappa shape index (κ3) is 5.24. The third-order valence-electron chi connectivity index (χ3n) is 7.62. The standard InChI is InChI=1S/C27H28ClN7O8/c1-3-26(41)17(43-22(19(26)37)35-13-31-18-20(29)32-24(28)33-21(18)35)12-42-27(14(2)36,23(38)39)11-15-5-7-16(8-6-15)34-10-4-9-30-25(34)40/h1,5-8,13,17,19,22,37,41H,4,9-12H2,2H3,(H,30,40)(H,38,39)(H2,29,32,33)/t17-,19+,22-,26-,27-/m1/s1. The normalized spacial score (nSPS) is 25.2. The van der Waals surface area contributed by atoms with Gasteiger partial charge in [0.15, 0.2) is 29.1 Å². The zero-order chi connectivity index (χ0) is 31.1. The van der Waals surface area contributed by atoms with Crippen molar-refractivity contribution in [1.82, 2.24) is 24.8 Å². The predicted molar refractivity (Wildman–Crippen MR) is 151 cm³/mol. The van der Waals surface area contributed by atoms with Crippen LogP contribution >= 0.6 is 11.6 Å². The van der Waals surface area contributed by atoms with Gasteiger partial charge < -0.3 is 35.8 Å². The van der Waals surface area contributed by atoms with Gasteiger partial charge in [-0.25, -0.2) is 14.6 Å². The summed E-state index contributed by atoms with van der Waals surface area (Å²) in [7, 11) is 0. The van der Waals surface area contributed by atoms with Crippen molar-refractivity contribution in [3.05, 3.63) is 41.4 Å². The number of Topliss-reactive ketones (excluding diaryl/α,β-unsaturated/α-hetero) is 1. The van der Waals surface area contributed by atoms with Crippen LogP contribution in [0.4, 0.5) is 16.3 Å². The maximum Gasteiger partial charge on any atom is 0.344 e. The molecular formula is C27H28ClN7O8. The van der Waals surface area contributed by atoms with E-state index in [9.17, 15) is 29.7 Å². The fourth-order valence-corrected chi connectivity index (χ4v) is 5.32. The molecule has 0 bridgehead atoms. The quantitative estimate of drug-likeness (QED) is 0.125. The summed E-state index contributed by atoms with van der Waals surface area (Å²) in [6, 6.07) is 6.22. The molecule has 2 aromatic heterocycles. The SMILES string of the molecule is C#C[C@@]1(O)[C@@H](CO[C@](Cc2ccc(N3CCCNC3=O)cc2)(C(C)=O)C(=O)O)O[C@@H](n2cnc3c(N)nc(Cl)nc32)[C@@H]1O. The number of hydrogen-bond acceptors (Lipinski definition) is 11. The van der Waals surface area contributed by atoms with Crippen molar-refractivity contribution < 1.29 is 39.2 Å². The van der Waals surface area contributed by atoms with Crippen molar-refractivity contribution in [2.24, 2.45) is 0 Å². The maximum absolute atomic E-state index is 12.8. The molecule has 2 aliphatic heterocycles. The zero-order valence-corrected chi connectivity index (χ0v) is 23.6. The number of aliphatic hydroxyl groups is 2. The van der Waals surface area contributed by atoms with Crippen LogP contribution in [0.1, 0.15) is 25.1 Å². The number of amides is 2. The van der Waals surface area contributed by atoms with Gasteiger partial charge in [0, 0.05) is 25.2 Å². The minimum absolute atomic E-state index is 0.0340. The Kier molecular flexibility index (Phi) is 7.99. The monoisotopic (exact) mass is 613 g/mol. The molecule has 6 N–H and O–H groups in total. The van der Waals surface area contributed by atoms with E-state index in [0.29, 0.717) is 24.3 Å². The van der Waals surface area contributed by atoms with Crippen LogP contribution in [0.15, 0.2) is 30.6 Å². The molecule has 1 aromatic carbocycles. The molecule has 0 aliphatic carbocycles. The van der Waals surface area contributed by atoms with Gasteiger partial charge in [-0.1, -0.05) is 18.1 Å². The molecule has 0 saturated carbocycles. The Hall–Kier alpha value is -4.33. The number of nitrogens with two attached hydrogens (primary N) is 1. The second kappa shape index (κ2) is 11.4. The van der Waals surface area contributed by atoms with E-state index in [1.807, 2.05) is 0 Å². The number of nitrogens with one attached hydrogen (secondary N) is 1. The molecule has 0 spiro atoms. The molecule has 4 heterocycles. The highest BCUT2D eigenvalue weighted by atomic mass is 35.5. The average molecular weight is 614 g/mol. The lowest BCUT2D eigenvalue weighted by atomic mass is 9.89. The molecule has 43 heavy (non-hydrogen) atoms. The lowest BCUT2D eigenvalue weighted by Gasteiger charge is -2.31. The van der Waals surface area contributed by atoms with Crippen molar-refractivity contribution in [2.75, 3.05) is 30.3 Å². The maximum atomic E-state index is 12.8. The van der Waals surface area contributed by atoms with Gasteiger partial charge in [0.2, 0.25) is 10.9 Å². The number of carboxylic acid groups (broad SMARTS) is 1. The van der Waals surface area contributed by atoms with Crippen LogP contribution in [0.2, 0.25) is 5.28 Å². The second-order valence-electron chi connectivity index (χ2n) is 10.2. The number of aromatic nitrogens is 4. The number of carbonyl (C=O) groups excluding carboxylic acids is 2. The van der Waals surface area contributed by atoms with Gasteiger partial charge in [-0.15, -0.1) is 6.42 Å². The summed E-state index contributed by atoms with van der Waals surface area (Å²) in [5, 5.41) is 35.0. The van der Waals surface area contributed by atoms with Crippen LogP contribution in [0.25, 0.3) is 11.2 Å². The van der Waals surface area contributed by atoms with Crippen molar-refractivity contribution in [2.45, 2.75) is 49.4 Å². The number of hydrogen-bond donors (Lipinski definition) is 5. The van der Waals surface area contributed by atoms with Crippen molar-refractivity contribution >= 4 is 52.1 Å². The van der Waals surface area contributed by atoms with Gasteiger partial charge >= 0.3 is 12.0 Å². The van der Waals surface area contributed by atoms with Gasteiger partial charge in [-0.3, -0.25) is 14.3 Å². The molecule has 5 rings (SSSR count). The van der Waals surface area contributed by atoms with Gasteiger partial charge in [0.05, 0.1) is 12.9 Å². The largest absolute Gasteiger partial charge is 0.479 e. The summed E-state index contributed by atoms with van der Waals surface area (Å²) in [5.74, 6) is -0.346. The molecule has 226 valence electrons.